The third-order valence-electron chi connectivity index (χ3n) is 6.86. The smallest absolute Gasteiger partial charge is 0.270 e. The van der Waals surface area contributed by atoms with Crippen LogP contribution in [0.1, 0.15) is 40.4 Å². The van der Waals surface area contributed by atoms with Crippen LogP contribution in [0.15, 0.2) is 42.5 Å². The number of morpholine rings is 1. The Labute approximate surface area is 199 Å². The van der Waals surface area contributed by atoms with E-state index >= 15 is 0 Å². The van der Waals surface area contributed by atoms with Crippen LogP contribution in [0.5, 0.6) is 5.75 Å². The largest absolute Gasteiger partial charge is 0.496 e. The lowest BCUT2D eigenvalue weighted by Gasteiger charge is -2.32. The first-order valence-corrected chi connectivity index (χ1v) is 12.0. The number of likely N-dealkylation sites (tertiary alicyclic amines) is 1. The van der Waals surface area contributed by atoms with Gasteiger partial charge in [-0.25, -0.2) is 0 Å². The summed E-state index contributed by atoms with van der Waals surface area (Å²) in [5.74, 6) is 1.40. The molecule has 0 radical (unpaired) electrons. The van der Waals surface area contributed by atoms with E-state index in [0.717, 1.165) is 81.0 Å². The highest BCUT2D eigenvalue weighted by Crippen LogP contribution is 2.34. The van der Waals surface area contributed by atoms with Crippen molar-refractivity contribution >= 4 is 28.4 Å². The Morgan fingerprint density at radius 1 is 1.12 bits per heavy atom. The van der Waals surface area contributed by atoms with Crippen molar-refractivity contribution < 1.29 is 14.3 Å². The van der Waals surface area contributed by atoms with Gasteiger partial charge in [0.15, 0.2) is 0 Å². The number of benzene rings is 2. The van der Waals surface area contributed by atoms with Crippen molar-refractivity contribution in [2.75, 3.05) is 46.5 Å². The summed E-state index contributed by atoms with van der Waals surface area (Å²) in [4.78, 5) is 21.1. The third kappa shape index (κ3) is 4.74. The fourth-order valence-electron chi connectivity index (χ4n) is 5.09. The fourth-order valence-corrected chi connectivity index (χ4v) is 5.34. The topological polar surface area (TPSA) is 57.8 Å². The summed E-state index contributed by atoms with van der Waals surface area (Å²) in [7, 11) is 1.72. The van der Waals surface area contributed by atoms with Gasteiger partial charge in [0, 0.05) is 43.1 Å². The summed E-state index contributed by atoms with van der Waals surface area (Å²) >= 11 is 6.42. The van der Waals surface area contributed by atoms with Gasteiger partial charge in [-0.15, -0.1) is 0 Å². The number of nitrogens with one attached hydrogen (secondary N) is 1. The molecule has 0 saturated carbocycles. The number of hydrogen-bond acceptors (Lipinski definition) is 4. The maximum atomic E-state index is 13.3. The summed E-state index contributed by atoms with van der Waals surface area (Å²) in [5.41, 5.74) is 3.98. The lowest BCUT2D eigenvalue weighted by Crippen LogP contribution is -2.38. The van der Waals surface area contributed by atoms with Crippen molar-refractivity contribution in [1.82, 2.24) is 14.8 Å². The number of H-pyrrole nitrogens is 1. The van der Waals surface area contributed by atoms with Crippen LogP contribution in [0.25, 0.3) is 10.9 Å². The van der Waals surface area contributed by atoms with E-state index in [1.165, 1.54) is 5.56 Å². The van der Waals surface area contributed by atoms with Gasteiger partial charge >= 0.3 is 0 Å². The van der Waals surface area contributed by atoms with Gasteiger partial charge in [-0.05, 0) is 54.2 Å². The molecule has 1 aromatic heterocycles. The van der Waals surface area contributed by atoms with Crippen LogP contribution in [0.4, 0.5) is 0 Å². The number of aromatic nitrogens is 1. The molecule has 0 bridgehead atoms. The molecule has 0 spiro atoms. The van der Waals surface area contributed by atoms with Gasteiger partial charge in [-0.2, -0.15) is 0 Å². The van der Waals surface area contributed by atoms with E-state index in [1.54, 1.807) is 7.11 Å². The summed E-state index contributed by atoms with van der Waals surface area (Å²) in [5, 5.41) is 1.68. The second kappa shape index (κ2) is 9.75. The number of rotatable bonds is 5. The Morgan fingerprint density at radius 2 is 1.88 bits per heavy atom. The number of carbonyl (C=O) groups excluding carboxylic acids is 1. The maximum absolute atomic E-state index is 13.3. The number of methoxy groups -OCH3 is 1. The number of carbonyl (C=O) groups is 1. The van der Waals surface area contributed by atoms with Crippen molar-refractivity contribution in [2.24, 2.45) is 0 Å². The highest BCUT2D eigenvalue weighted by atomic mass is 35.5. The Bertz CT molecular complexity index is 1130. The molecule has 2 aliphatic heterocycles. The van der Waals surface area contributed by atoms with Crippen molar-refractivity contribution in [3.63, 3.8) is 0 Å². The number of hydrogen-bond donors (Lipinski definition) is 1. The van der Waals surface area contributed by atoms with Crippen LogP contribution >= 0.6 is 11.6 Å². The molecule has 2 saturated heterocycles. The Balaban J connectivity index is 1.31. The molecule has 0 atom stereocenters. The number of amides is 1. The molecule has 6 nitrogen and oxygen atoms in total. The maximum Gasteiger partial charge on any atom is 0.270 e. The Hall–Kier alpha value is -2.54. The fraction of sp³-hybridized carbons (Fsp3) is 0.423. The SMILES string of the molecule is COc1ccccc1C1CCN(C(=O)c2cc3cc(Cl)cc(CN4CCOCC4)c3[nH]2)CC1. The van der Waals surface area contributed by atoms with E-state index in [4.69, 9.17) is 21.1 Å². The van der Waals surface area contributed by atoms with E-state index in [2.05, 4.69) is 22.0 Å². The second-order valence-electron chi connectivity index (χ2n) is 8.91. The molecular formula is C26H30ClN3O3. The van der Waals surface area contributed by atoms with Gasteiger partial charge in [0.25, 0.3) is 5.91 Å². The first-order valence-electron chi connectivity index (χ1n) is 11.7. The molecule has 1 amide bonds. The molecule has 174 valence electrons. The number of halogens is 1. The number of aromatic amines is 1. The molecule has 2 aromatic carbocycles. The number of fused-ring (bicyclic) bond motifs is 1. The second-order valence-corrected chi connectivity index (χ2v) is 9.35. The molecule has 3 heterocycles. The highest BCUT2D eigenvalue weighted by molar-refractivity contribution is 6.31. The number of ether oxygens (including phenoxy) is 2. The molecule has 5 rings (SSSR count). The molecule has 0 aliphatic carbocycles. The van der Waals surface area contributed by atoms with E-state index in [-0.39, 0.29) is 5.91 Å². The number of nitrogens with zero attached hydrogens (tertiary/aromatic N) is 2. The molecule has 33 heavy (non-hydrogen) atoms. The van der Waals surface area contributed by atoms with Crippen molar-refractivity contribution in [3.05, 3.63) is 64.3 Å². The van der Waals surface area contributed by atoms with E-state index < -0.39 is 0 Å². The average molecular weight is 468 g/mol. The predicted octanol–water partition coefficient (Wildman–Crippen LogP) is 4.68. The minimum Gasteiger partial charge on any atom is -0.496 e. The minimum atomic E-state index is 0.0538. The van der Waals surface area contributed by atoms with Crippen LogP contribution < -0.4 is 4.74 Å². The summed E-state index contributed by atoms with van der Waals surface area (Å²) < 4.78 is 11.0. The average Bonchev–Trinajstić information content (AvgIpc) is 3.28. The van der Waals surface area contributed by atoms with Crippen LogP contribution in [0.2, 0.25) is 5.02 Å². The first-order chi connectivity index (χ1) is 16.1. The van der Waals surface area contributed by atoms with E-state index in [9.17, 15) is 4.79 Å². The van der Waals surface area contributed by atoms with Crippen LogP contribution in [0.3, 0.4) is 0 Å². The van der Waals surface area contributed by atoms with Gasteiger partial charge in [0.05, 0.1) is 25.8 Å². The lowest BCUT2D eigenvalue weighted by atomic mass is 9.88. The molecule has 1 N–H and O–H groups in total. The zero-order chi connectivity index (χ0) is 22.8. The molecule has 0 unspecified atom stereocenters. The van der Waals surface area contributed by atoms with Gasteiger partial charge < -0.3 is 19.4 Å². The zero-order valence-corrected chi connectivity index (χ0v) is 19.7. The number of piperidine rings is 1. The molecule has 3 aromatic rings. The normalized spacial score (nSPS) is 18.1. The van der Waals surface area contributed by atoms with Crippen LogP contribution in [-0.4, -0.2) is 67.2 Å². The van der Waals surface area contributed by atoms with Crippen LogP contribution in [-0.2, 0) is 11.3 Å². The van der Waals surface area contributed by atoms with Gasteiger partial charge in [0.1, 0.15) is 11.4 Å². The monoisotopic (exact) mass is 467 g/mol. The van der Waals surface area contributed by atoms with Gasteiger partial charge in [-0.1, -0.05) is 29.8 Å². The Morgan fingerprint density at radius 3 is 2.64 bits per heavy atom. The van der Waals surface area contributed by atoms with Crippen molar-refractivity contribution in [3.8, 4) is 5.75 Å². The zero-order valence-electron chi connectivity index (χ0n) is 19.0. The summed E-state index contributed by atoms with van der Waals surface area (Å²) in [6.45, 7) is 5.57. The predicted molar refractivity (Wildman–Crippen MR) is 130 cm³/mol. The van der Waals surface area contributed by atoms with Crippen molar-refractivity contribution in [1.29, 1.82) is 0 Å². The Kier molecular flexibility index (Phi) is 6.58. The first kappa shape index (κ1) is 22.3. The number of para-hydroxylation sites is 1. The van der Waals surface area contributed by atoms with Gasteiger partial charge in [0.2, 0.25) is 0 Å². The molecule has 2 aliphatic rings. The minimum absolute atomic E-state index is 0.0538. The third-order valence-corrected chi connectivity index (χ3v) is 7.08. The van der Waals surface area contributed by atoms with Gasteiger partial charge in [-0.3, -0.25) is 9.69 Å². The quantitative estimate of drug-likeness (QED) is 0.591. The van der Waals surface area contributed by atoms with E-state index in [1.807, 2.05) is 35.2 Å². The van der Waals surface area contributed by atoms with E-state index in [0.29, 0.717) is 16.6 Å². The lowest BCUT2D eigenvalue weighted by molar-refractivity contribution is 0.0343. The van der Waals surface area contributed by atoms with Crippen molar-refractivity contribution in [2.45, 2.75) is 25.3 Å². The molecular weight excluding hydrogens is 438 g/mol. The summed E-state index contributed by atoms with van der Waals surface area (Å²) in [6, 6.07) is 14.1. The highest BCUT2D eigenvalue weighted by Gasteiger charge is 2.27. The molecule has 2 fully saturated rings. The standard InChI is InChI=1S/C26H30ClN3O3/c1-32-24-5-3-2-4-22(24)18-6-8-30(9-7-18)26(31)23-16-19-14-21(27)15-20(25(19)28-23)17-29-10-12-33-13-11-29/h2-5,14-16,18,28H,6-13,17H2,1H3. The van der Waals surface area contributed by atoms with Crippen LogP contribution in [0, 0.1) is 0 Å². The summed E-state index contributed by atoms with van der Waals surface area (Å²) in [6.07, 6.45) is 1.86. The molecule has 7 heteroatoms.